The SMILES string of the molecule is C=CCNC(=O)c1ccc(C2CCCC2)cc1. The van der Waals surface area contributed by atoms with E-state index >= 15 is 0 Å². The molecule has 2 heteroatoms. The first-order chi connectivity index (χ1) is 8.31. The minimum absolute atomic E-state index is 0.0251. The van der Waals surface area contributed by atoms with Crippen molar-refractivity contribution in [3.63, 3.8) is 0 Å². The maximum Gasteiger partial charge on any atom is 0.251 e. The van der Waals surface area contributed by atoms with Gasteiger partial charge >= 0.3 is 0 Å². The summed E-state index contributed by atoms with van der Waals surface area (Å²) in [5, 5.41) is 2.78. The molecule has 90 valence electrons. The Bertz CT molecular complexity index is 388. The number of carbonyl (C=O) groups excluding carboxylic acids is 1. The van der Waals surface area contributed by atoms with Gasteiger partial charge in [-0.1, -0.05) is 31.1 Å². The van der Waals surface area contributed by atoms with Crippen LogP contribution in [0.1, 0.15) is 47.5 Å². The molecule has 0 heterocycles. The number of amides is 1. The van der Waals surface area contributed by atoms with Crippen LogP contribution in [-0.2, 0) is 0 Å². The highest BCUT2D eigenvalue weighted by atomic mass is 16.1. The van der Waals surface area contributed by atoms with Gasteiger partial charge in [0, 0.05) is 12.1 Å². The molecular weight excluding hydrogens is 210 g/mol. The molecule has 0 bridgehead atoms. The van der Waals surface area contributed by atoms with Crippen LogP contribution in [-0.4, -0.2) is 12.5 Å². The monoisotopic (exact) mass is 229 g/mol. The van der Waals surface area contributed by atoms with Crippen molar-refractivity contribution in [2.24, 2.45) is 0 Å². The van der Waals surface area contributed by atoms with Gasteiger partial charge in [0.25, 0.3) is 5.91 Å². The number of carbonyl (C=O) groups is 1. The van der Waals surface area contributed by atoms with Crippen molar-refractivity contribution in [2.75, 3.05) is 6.54 Å². The van der Waals surface area contributed by atoms with Crippen LogP contribution in [0.4, 0.5) is 0 Å². The molecular formula is C15H19NO. The van der Waals surface area contributed by atoms with Crippen LogP contribution < -0.4 is 5.32 Å². The zero-order chi connectivity index (χ0) is 12.1. The first-order valence-electron chi connectivity index (χ1n) is 6.30. The molecule has 17 heavy (non-hydrogen) atoms. The first-order valence-corrected chi connectivity index (χ1v) is 6.30. The molecule has 0 radical (unpaired) electrons. The summed E-state index contributed by atoms with van der Waals surface area (Å²) in [7, 11) is 0. The summed E-state index contributed by atoms with van der Waals surface area (Å²) in [4.78, 5) is 11.7. The first kappa shape index (κ1) is 11.9. The fraction of sp³-hybridized carbons (Fsp3) is 0.400. The van der Waals surface area contributed by atoms with Gasteiger partial charge in [0.05, 0.1) is 0 Å². The van der Waals surface area contributed by atoms with Crippen molar-refractivity contribution in [3.05, 3.63) is 48.0 Å². The lowest BCUT2D eigenvalue weighted by atomic mass is 9.96. The van der Waals surface area contributed by atoms with Crippen LogP contribution in [0.5, 0.6) is 0 Å². The minimum Gasteiger partial charge on any atom is -0.349 e. The summed E-state index contributed by atoms with van der Waals surface area (Å²) in [5.41, 5.74) is 2.11. The Morgan fingerprint density at radius 2 is 1.94 bits per heavy atom. The molecule has 1 aliphatic carbocycles. The summed E-state index contributed by atoms with van der Waals surface area (Å²) in [5.74, 6) is 0.683. The highest BCUT2D eigenvalue weighted by molar-refractivity contribution is 5.94. The number of rotatable bonds is 4. The van der Waals surface area contributed by atoms with Crippen LogP contribution >= 0.6 is 0 Å². The van der Waals surface area contributed by atoms with E-state index in [0.29, 0.717) is 12.5 Å². The molecule has 0 saturated heterocycles. The van der Waals surface area contributed by atoms with Gasteiger partial charge in [0.2, 0.25) is 0 Å². The summed E-state index contributed by atoms with van der Waals surface area (Å²) >= 11 is 0. The number of hydrogen-bond donors (Lipinski definition) is 1. The normalized spacial score (nSPS) is 15.8. The van der Waals surface area contributed by atoms with Crippen molar-refractivity contribution in [3.8, 4) is 0 Å². The molecule has 0 unspecified atom stereocenters. The van der Waals surface area contributed by atoms with Gasteiger partial charge in [0.15, 0.2) is 0 Å². The highest BCUT2D eigenvalue weighted by Gasteiger charge is 2.17. The Kier molecular flexibility index (Phi) is 3.97. The molecule has 0 atom stereocenters. The standard InChI is InChI=1S/C15H19NO/c1-2-11-16-15(17)14-9-7-13(8-10-14)12-5-3-4-6-12/h2,7-10,12H,1,3-6,11H2,(H,16,17). The molecule has 1 aliphatic rings. The van der Waals surface area contributed by atoms with E-state index in [1.807, 2.05) is 12.1 Å². The molecule has 0 spiro atoms. The Morgan fingerprint density at radius 3 is 2.53 bits per heavy atom. The van der Waals surface area contributed by atoms with Gasteiger partial charge in [-0.2, -0.15) is 0 Å². The topological polar surface area (TPSA) is 29.1 Å². The second-order valence-corrected chi connectivity index (χ2v) is 4.60. The predicted octanol–water partition coefficient (Wildman–Crippen LogP) is 3.26. The molecule has 2 nitrogen and oxygen atoms in total. The van der Waals surface area contributed by atoms with Gasteiger partial charge in [-0.05, 0) is 36.5 Å². The maximum absolute atomic E-state index is 11.7. The second-order valence-electron chi connectivity index (χ2n) is 4.60. The van der Waals surface area contributed by atoms with Gasteiger partial charge in [-0.15, -0.1) is 6.58 Å². The van der Waals surface area contributed by atoms with Gasteiger partial charge in [-0.3, -0.25) is 4.79 Å². The molecule has 1 N–H and O–H groups in total. The third kappa shape index (κ3) is 2.96. The number of hydrogen-bond acceptors (Lipinski definition) is 1. The molecule has 1 fully saturated rings. The van der Waals surface area contributed by atoms with Crippen molar-refractivity contribution in [1.29, 1.82) is 0 Å². The summed E-state index contributed by atoms with van der Waals surface area (Å²) in [6.07, 6.45) is 6.95. The van der Waals surface area contributed by atoms with E-state index in [4.69, 9.17) is 0 Å². The Labute approximate surface area is 103 Å². The lowest BCUT2D eigenvalue weighted by molar-refractivity contribution is 0.0958. The molecule has 0 aliphatic heterocycles. The molecule has 1 aromatic rings. The predicted molar refractivity (Wildman–Crippen MR) is 70.2 cm³/mol. The average Bonchev–Trinajstić information content (AvgIpc) is 2.90. The summed E-state index contributed by atoms with van der Waals surface area (Å²) in [6, 6.07) is 8.04. The van der Waals surface area contributed by atoms with Crippen LogP contribution in [0.15, 0.2) is 36.9 Å². The lowest BCUT2D eigenvalue weighted by Gasteiger charge is -2.10. The van der Waals surface area contributed by atoms with E-state index in [0.717, 1.165) is 5.56 Å². The van der Waals surface area contributed by atoms with Gasteiger partial charge in [-0.25, -0.2) is 0 Å². The fourth-order valence-electron chi connectivity index (χ4n) is 2.43. The molecule has 0 aromatic heterocycles. The van der Waals surface area contributed by atoms with Gasteiger partial charge < -0.3 is 5.32 Å². The van der Waals surface area contributed by atoms with Crippen LogP contribution in [0.2, 0.25) is 0 Å². The minimum atomic E-state index is -0.0251. The van der Waals surface area contributed by atoms with E-state index in [9.17, 15) is 4.79 Å². The molecule has 1 amide bonds. The second kappa shape index (κ2) is 5.67. The van der Waals surface area contributed by atoms with E-state index < -0.39 is 0 Å². The number of benzene rings is 1. The van der Waals surface area contributed by atoms with Crippen LogP contribution in [0, 0.1) is 0 Å². The third-order valence-corrected chi connectivity index (χ3v) is 3.41. The van der Waals surface area contributed by atoms with Crippen molar-refractivity contribution in [2.45, 2.75) is 31.6 Å². The Morgan fingerprint density at radius 1 is 1.29 bits per heavy atom. The van der Waals surface area contributed by atoms with E-state index in [-0.39, 0.29) is 5.91 Å². The summed E-state index contributed by atoms with van der Waals surface area (Å²) < 4.78 is 0. The largest absolute Gasteiger partial charge is 0.349 e. The zero-order valence-corrected chi connectivity index (χ0v) is 10.1. The Balaban J connectivity index is 2.01. The van der Waals surface area contributed by atoms with Gasteiger partial charge in [0.1, 0.15) is 0 Å². The van der Waals surface area contributed by atoms with Crippen molar-refractivity contribution < 1.29 is 4.79 Å². The van der Waals surface area contributed by atoms with Crippen LogP contribution in [0.3, 0.4) is 0 Å². The molecule has 1 aromatic carbocycles. The molecule has 2 rings (SSSR count). The highest BCUT2D eigenvalue weighted by Crippen LogP contribution is 2.33. The fourth-order valence-corrected chi connectivity index (χ4v) is 2.43. The maximum atomic E-state index is 11.7. The zero-order valence-electron chi connectivity index (χ0n) is 10.1. The quantitative estimate of drug-likeness (QED) is 0.789. The Hall–Kier alpha value is -1.57. The third-order valence-electron chi connectivity index (χ3n) is 3.41. The average molecular weight is 229 g/mol. The van der Waals surface area contributed by atoms with Crippen molar-refractivity contribution in [1.82, 2.24) is 5.32 Å². The lowest BCUT2D eigenvalue weighted by Crippen LogP contribution is -2.23. The smallest absolute Gasteiger partial charge is 0.251 e. The van der Waals surface area contributed by atoms with Crippen LogP contribution in [0.25, 0.3) is 0 Å². The van der Waals surface area contributed by atoms with E-state index in [2.05, 4.69) is 24.0 Å². The van der Waals surface area contributed by atoms with E-state index in [1.54, 1.807) is 6.08 Å². The number of nitrogens with one attached hydrogen (secondary N) is 1. The van der Waals surface area contributed by atoms with Crippen molar-refractivity contribution >= 4 is 5.91 Å². The summed E-state index contributed by atoms with van der Waals surface area (Å²) in [6.45, 7) is 4.10. The van der Waals surface area contributed by atoms with E-state index in [1.165, 1.54) is 31.2 Å². The molecule has 1 saturated carbocycles.